The van der Waals surface area contributed by atoms with Crippen LogP contribution in [0.15, 0.2) is 48.5 Å². The first-order valence-corrected chi connectivity index (χ1v) is 14.1. The van der Waals surface area contributed by atoms with E-state index in [0.717, 1.165) is 49.5 Å². The van der Waals surface area contributed by atoms with Gasteiger partial charge in [-0.15, -0.1) is 0 Å². The van der Waals surface area contributed by atoms with Gasteiger partial charge in [0.2, 0.25) is 5.91 Å². The molecule has 1 aliphatic carbocycles. The molecule has 36 heavy (non-hydrogen) atoms. The maximum Gasteiger partial charge on any atom is 0.220 e. The summed E-state index contributed by atoms with van der Waals surface area (Å²) in [7, 11) is 1.74. The SMILES string of the molecule is CCCCOc1ccc2cc(C(C)CCc3cccc(CC4CCC(CC(=O)NC)CC4)c3)[nH]c2c1. The van der Waals surface area contributed by atoms with Gasteiger partial charge in [-0.25, -0.2) is 0 Å². The number of fused-ring (bicyclic) bond motifs is 1. The van der Waals surface area contributed by atoms with Crippen molar-refractivity contribution < 1.29 is 9.53 Å². The number of nitrogens with one attached hydrogen (secondary N) is 2. The number of aromatic amines is 1. The van der Waals surface area contributed by atoms with Gasteiger partial charge in [-0.3, -0.25) is 4.79 Å². The average molecular weight is 489 g/mol. The number of carbonyl (C=O) groups excluding carboxylic acids is 1. The first-order valence-electron chi connectivity index (χ1n) is 14.1. The molecule has 4 rings (SSSR count). The van der Waals surface area contributed by atoms with Crippen molar-refractivity contribution >= 4 is 16.8 Å². The number of hydrogen-bond acceptors (Lipinski definition) is 2. The molecule has 0 spiro atoms. The fourth-order valence-electron chi connectivity index (χ4n) is 5.61. The zero-order chi connectivity index (χ0) is 25.3. The van der Waals surface area contributed by atoms with Crippen molar-refractivity contribution in [3.05, 3.63) is 65.4 Å². The molecule has 4 nitrogen and oxygen atoms in total. The van der Waals surface area contributed by atoms with Crippen LogP contribution in [0.2, 0.25) is 0 Å². The van der Waals surface area contributed by atoms with E-state index in [4.69, 9.17) is 4.74 Å². The Morgan fingerprint density at radius 3 is 2.61 bits per heavy atom. The third-order valence-corrected chi connectivity index (χ3v) is 8.01. The van der Waals surface area contributed by atoms with Gasteiger partial charge in [0, 0.05) is 30.7 Å². The normalized spacial score (nSPS) is 18.8. The summed E-state index contributed by atoms with van der Waals surface area (Å²) in [5.74, 6) is 2.94. The summed E-state index contributed by atoms with van der Waals surface area (Å²) in [5, 5.41) is 4.03. The second kappa shape index (κ2) is 13.0. The highest BCUT2D eigenvalue weighted by Gasteiger charge is 2.23. The third kappa shape index (κ3) is 7.38. The lowest BCUT2D eigenvalue weighted by atomic mass is 9.78. The van der Waals surface area contributed by atoms with Gasteiger partial charge in [0.25, 0.3) is 0 Å². The minimum absolute atomic E-state index is 0.189. The zero-order valence-corrected chi connectivity index (χ0v) is 22.4. The average Bonchev–Trinajstić information content (AvgIpc) is 3.32. The molecule has 194 valence electrons. The first kappa shape index (κ1) is 26.3. The Hall–Kier alpha value is -2.75. The van der Waals surface area contributed by atoms with Crippen LogP contribution in [0, 0.1) is 11.8 Å². The second-order valence-corrected chi connectivity index (χ2v) is 10.9. The van der Waals surface area contributed by atoms with Gasteiger partial charge in [-0.1, -0.05) is 44.5 Å². The minimum Gasteiger partial charge on any atom is -0.494 e. The van der Waals surface area contributed by atoms with Gasteiger partial charge in [0.05, 0.1) is 6.61 Å². The molecule has 1 amide bonds. The molecule has 0 radical (unpaired) electrons. The maximum absolute atomic E-state index is 11.7. The highest BCUT2D eigenvalue weighted by molar-refractivity contribution is 5.82. The number of aromatic nitrogens is 1. The number of H-pyrrole nitrogens is 1. The van der Waals surface area contributed by atoms with Crippen LogP contribution in [-0.2, 0) is 17.6 Å². The minimum atomic E-state index is 0.189. The van der Waals surface area contributed by atoms with Crippen LogP contribution < -0.4 is 10.1 Å². The van der Waals surface area contributed by atoms with Crippen molar-refractivity contribution in [2.75, 3.05) is 13.7 Å². The highest BCUT2D eigenvalue weighted by atomic mass is 16.5. The van der Waals surface area contributed by atoms with Crippen LogP contribution in [-0.4, -0.2) is 24.5 Å². The number of rotatable bonds is 12. The van der Waals surface area contributed by atoms with Gasteiger partial charge in [0.1, 0.15) is 5.75 Å². The number of amides is 1. The monoisotopic (exact) mass is 488 g/mol. The molecule has 0 bridgehead atoms. The van der Waals surface area contributed by atoms with E-state index in [1.165, 1.54) is 54.3 Å². The standard InChI is InChI=1S/C32H44N2O2/c1-4-5-17-36-29-16-15-28-21-30(34-31(28)22-29)23(2)9-10-24-7-6-8-27(18-24)19-25-11-13-26(14-12-25)20-32(35)33-3/h6-8,15-16,18,21-23,25-26,34H,4-5,9-14,17,19-20H2,1-3H3,(H,33,35). The third-order valence-electron chi connectivity index (χ3n) is 8.01. The summed E-state index contributed by atoms with van der Waals surface area (Å²) < 4.78 is 5.88. The smallest absolute Gasteiger partial charge is 0.220 e. The molecule has 3 aromatic rings. The predicted molar refractivity (Wildman–Crippen MR) is 150 cm³/mol. The Kier molecular flexibility index (Phi) is 9.49. The van der Waals surface area contributed by atoms with Gasteiger partial charge < -0.3 is 15.0 Å². The summed E-state index contributed by atoms with van der Waals surface area (Å²) in [6.07, 6.45) is 11.2. The Bertz CT molecular complexity index is 1110. The van der Waals surface area contributed by atoms with Gasteiger partial charge in [-0.2, -0.15) is 0 Å². The molecule has 0 aliphatic heterocycles. The molecule has 1 saturated carbocycles. The Morgan fingerprint density at radius 1 is 1.06 bits per heavy atom. The van der Waals surface area contributed by atoms with Crippen LogP contribution in [0.25, 0.3) is 10.9 Å². The molecule has 4 heteroatoms. The summed E-state index contributed by atoms with van der Waals surface area (Å²) in [4.78, 5) is 15.3. The van der Waals surface area contributed by atoms with Crippen molar-refractivity contribution in [2.45, 2.75) is 84.0 Å². The Labute approximate surface area is 217 Å². The molecular formula is C32H44N2O2. The lowest BCUT2D eigenvalue weighted by molar-refractivity contribution is -0.121. The fourth-order valence-corrected chi connectivity index (χ4v) is 5.61. The van der Waals surface area contributed by atoms with Crippen molar-refractivity contribution in [3.63, 3.8) is 0 Å². The first-order chi connectivity index (χ1) is 17.5. The maximum atomic E-state index is 11.7. The summed E-state index contributed by atoms with van der Waals surface area (Å²) in [6.45, 7) is 5.29. The van der Waals surface area contributed by atoms with E-state index in [2.05, 4.69) is 72.7 Å². The quantitative estimate of drug-likeness (QED) is 0.258. The van der Waals surface area contributed by atoms with Crippen molar-refractivity contribution in [2.24, 2.45) is 11.8 Å². The van der Waals surface area contributed by atoms with E-state index in [1.807, 2.05) is 0 Å². The Morgan fingerprint density at radius 2 is 1.83 bits per heavy atom. The van der Waals surface area contributed by atoms with Crippen LogP contribution in [0.1, 0.15) is 88.0 Å². The number of aryl methyl sites for hydroxylation is 1. The molecule has 1 unspecified atom stereocenters. The van der Waals surface area contributed by atoms with E-state index in [0.29, 0.717) is 18.3 Å². The Balaban J connectivity index is 1.27. The second-order valence-electron chi connectivity index (χ2n) is 10.9. The summed E-state index contributed by atoms with van der Waals surface area (Å²) in [5.41, 5.74) is 5.38. The number of unbranched alkanes of at least 4 members (excludes halogenated alkanes) is 1. The van der Waals surface area contributed by atoms with Crippen LogP contribution >= 0.6 is 0 Å². The predicted octanol–water partition coefficient (Wildman–Crippen LogP) is 7.57. The molecule has 1 atom stereocenters. The molecule has 0 saturated heterocycles. The molecule has 1 heterocycles. The number of carbonyl (C=O) groups is 1. The fraction of sp³-hybridized carbons (Fsp3) is 0.531. The van der Waals surface area contributed by atoms with Gasteiger partial charge >= 0.3 is 0 Å². The van der Waals surface area contributed by atoms with Crippen LogP contribution in [0.5, 0.6) is 5.75 Å². The van der Waals surface area contributed by atoms with E-state index < -0.39 is 0 Å². The van der Waals surface area contributed by atoms with Crippen LogP contribution in [0.3, 0.4) is 0 Å². The molecular weight excluding hydrogens is 444 g/mol. The molecule has 1 aromatic heterocycles. The van der Waals surface area contributed by atoms with Crippen molar-refractivity contribution in [1.29, 1.82) is 0 Å². The van der Waals surface area contributed by atoms with Gasteiger partial charge in [0.15, 0.2) is 0 Å². The van der Waals surface area contributed by atoms with E-state index in [9.17, 15) is 4.79 Å². The number of hydrogen-bond donors (Lipinski definition) is 2. The largest absolute Gasteiger partial charge is 0.494 e. The summed E-state index contributed by atoms with van der Waals surface area (Å²) in [6, 6.07) is 17.9. The molecule has 2 N–H and O–H groups in total. The molecule has 2 aromatic carbocycles. The zero-order valence-electron chi connectivity index (χ0n) is 22.4. The van der Waals surface area contributed by atoms with E-state index in [-0.39, 0.29) is 5.91 Å². The molecule has 1 fully saturated rings. The lowest BCUT2D eigenvalue weighted by Crippen LogP contribution is -2.24. The van der Waals surface area contributed by atoms with Crippen LogP contribution in [0.4, 0.5) is 0 Å². The number of ether oxygens (including phenoxy) is 1. The summed E-state index contributed by atoms with van der Waals surface area (Å²) >= 11 is 0. The van der Waals surface area contributed by atoms with E-state index in [1.54, 1.807) is 7.05 Å². The topological polar surface area (TPSA) is 54.1 Å². The van der Waals surface area contributed by atoms with Crippen molar-refractivity contribution in [3.8, 4) is 5.75 Å². The van der Waals surface area contributed by atoms with Gasteiger partial charge in [-0.05, 0) is 104 Å². The van der Waals surface area contributed by atoms with E-state index >= 15 is 0 Å². The molecule has 1 aliphatic rings. The number of benzene rings is 2. The van der Waals surface area contributed by atoms with Crippen molar-refractivity contribution in [1.82, 2.24) is 10.3 Å². The lowest BCUT2D eigenvalue weighted by Gasteiger charge is -2.28. The highest BCUT2D eigenvalue weighted by Crippen LogP contribution is 2.33.